The number of hydrogen-bond donors (Lipinski definition) is 1. The van der Waals surface area contributed by atoms with Crippen LogP contribution in [0.3, 0.4) is 0 Å². The first kappa shape index (κ1) is 28.9. The van der Waals surface area contributed by atoms with Crippen molar-refractivity contribution in [3.63, 3.8) is 0 Å². The maximum Gasteiger partial charge on any atom is 0.458 e. The van der Waals surface area contributed by atoms with Crippen LogP contribution in [-0.2, 0) is 12.5 Å². The van der Waals surface area contributed by atoms with Crippen molar-refractivity contribution in [2.45, 2.75) is 31.0 Å². The van der Waals surface area contributed by atoms with Crippen molar-refractivity contribution in [2.75, 3.05) is 11.6 Å². The third-order valence-corrected chi connectivity index (χ3v) is 4.92. The predicted octanol–water partition coefficient (Wildman–Crippen LogP) is 6.92. The number of rotatable bonds is 9. The summed E-state index contributed by atoms with van der Waals surface area (Å²) in [5.74, 6) is -7.78. The van der Waals surface area contributed by atoms with Crippen LogP contribution in [0, 0.1) is 11.6 Å². The van der Waals surface area contributed by atoms with Gasteiger partial charge in [0.05, 0.1) is 12.2 Å². The first-order chi connectivity index (χ1) is 17.6. The number of ether oxygens (including phenoxy) is 1. The molecule has 0 aliphatic heterocycles. The lowest BCUT2D eigenvalue weighted by Gasteiger charge is -2.28. The molecule has 14 heteroatoms. The number of hydrogen-bond acceptors (Lipinski definition) is 4. The molecular formula is C24H17F10NO3. The average Bonchev–Trinajstić information content (AvgIpc) is 2.81. The lowest BCUT2D eigenvalue weighted by molar-refractivity contribution is -0.289. The Labute approximate surface area is 208 Å². The minimum absolute atomic E-state index is 0.0420. The molecule has 0 fully saturated rings. The molecule has 1 atom stereocenters. The molecule has 0 aromatic heterocycles. The number of alkyl halides is 8. The van der Waals surface area contributed by atoms with Gasteiger partial charge in [0.1, 0.15) is 24.0 Å². The lowest BCUT2D eigenvalue weighted by Crippen LogP contribution is -2.42. The Balaban J connectivity index is 1.89. The normalized spacial score (nSPS) is 13.2. The van der Waals surface area contributed by atoms with Crippen molar-refractivity contribution >= 4 is 5.69 Å². The molecule has 4 nitrogen and oxygen atoms in total. The maximum absolute atomic E-state index is 13.8. The number of benzene rings is 3. The van der Waals surface area contributed by atoms with Crippen molar-refractivity contribution in [3.05, 3.63) is 89.5 Å². The highest BCUT2D eigenvalue weighted by atomic mass is 19.4. The molecule has 38 heavy (non-hydrogen) atoms. The molecule has 0 radical (unpaired) electrons. The molecule has 3 aromatic rings. The summed E-state index contributed by atoms with van der Waals surface area (Å²) in [5.41, 5.74) is -1.68. The molecular weight excluding hydrogens is 540 g/mol. The summed E-state index contributed by atoms with van der Waals surface area (Å²) in [5, 5.41) is 9.96. The zero-order valence-electron chi connectivity index (χ0n) is 18.8. The molecule has 0 heterocycles. The quantitative estimate of drug-likeness (QED) is 0.229. The Kier molecular flexibility index (Phi) is 8.34. The van der Waals surface area contributed by atoms with Crippen molar-refractivity contribution in [1.29, 1.82) is 0 Å². The monoisotopic (exact) mass is 557 g/mol. The van der Waals surface area contributed by atoms with Gasteiger partial charge in [-0.25, -0.2) is 13.8 Å². The van der Waals surface area contributed by atoms with Crippen LogP contribution in [-0.4, -0.2) is 30.1 Å². The molecule has 3 rings (SSSR count). The number of halogens is 10. The molecule has 0 aliphatic carbocycles. The minimum atomic E-state index is -5.95. The highest BCUT2D eigenvalue weighted by Gasteiger charge is 2.58. The number of hydroxylamine groups is 1. The summed E-state index contributed by atoms with van der Waals surface area (Å²) >= 11 is 0. The fourth-order valence-electron chi connectivity index (χ4n) is 3.08. The second-order valence-corrected chi connectivity index (χ2v) is 7.87. The Morgan fingerprint density at radius 3 is 1.97 bits per heavy atom. The van der Waals surface area contributed by atoms with Gasteiger partial charge in [-0.05, 0) is 42.0 Å². The first-order valence-corrected chi connectivity index (χ1v) is 10.5. The van der Waals surface area contributed by atoms with E-state index in [4.69, 9.17) is 9.57 Å². The van der Waals surface area contributed by atoms with Gasteiger partial charge in [0.15, 0.2) is 11.9 Å². The topological polar surface area (TPSA) is 41.9 Å². The Morgan fingerprint density at radius 2 is 1.37 bits per heavy atom. The number of nitrogens with zero attached hydrogens (tertiary/aromatic N) is 1. The average molecular weight is 557 g/mol. The third kappa shape index (κ3) is 7.21. The van der Waals surface area contributed by atoms with E-state index in [1.807, 2.05) is 0 Å². The highest BCUT2D eigenvalue weighted by Crippen LogP contribution is 2.44. The standard InChI is InChI=1S/C24H17F10NO3/c25-16-7-14(8-17(26)10-16)13-37-19-5-2-4-18(11-19)35(12-21(36)23(29,30)31)38-20-6-1-3-15(9-20)22(27,28)24(32,33)34/h1-11,21,36H,12-13H2/t21-/m0/s1. The largest absolute Gasteiger partial charge is 0.489 e. The summed E-state index contributed by atoms with van der Waals surface area (Å²) in [6, 6.07) is 9.88. The Bertz CT molecular complexity index is 1230. The molecule has 1 N–H and O–H groups in total. The fraction of sp³-hybridized carbons (Fsp3) is 0.250. The van der Waals surface area contributed by atoms with Crippen LogP contribution in [0.2, 0.25) is 0 Å². The van der Waals surface area contributed by atoms with Gasteiger partial charge in [-0.2, -0.15) is 35.1 Å². The van der Waals surface area contributed by atoms with Gasteiger partial charge in [-0.3, -0.25) is 0 Å². The maximum atomic E-state index is 13.8. The van der Waals surface area contributed by atoms with Gasteiger partial charge in [0.2, 0.25) is 0 Å². The second kappa shape index (κ2) is 11.0. The van der Waals surface area contributed by atoms with Gasteiger partial charge in [-0.15, -0.1) is 0 Å². The van der Waals surface area contributed by atoms with E-state index in [2.05, 4.69) is 0 Å². The van der Waals surface area contributed by atoms with E-state index in [0.29, 0.717) is 23.3 Å². The molecule has 0 spiro atoms. The van der Waals surface area contributed by atoms with Gasteiger partial charge < -0.3 is 14.7 Å². The van der Waals surface area contributed by atoms with Gasteiger partial charge in [0, 0.05) is 17.7 Å². The zero-order chi connectivity index (χ0) is 28.3. The zero-order valence-corrected chi connectivity index (χ0v) is 18.8. The molecule has 3 aromatic carbocycles. The van der Waals surface area contributed by atoms with E-state index in [1.54, 1.807) is 0 Å². The van der Waals surface area contributed by atoms with Crippen LogP contribution in [0.25, 0.3) is 0 Å². The molecule has 0 amide bonds. The van der Waals surface area contributed by atoms with E-state index in [1.165, 1.54) is 18.2 Å². The molecule has 0 saturated carbocycles. The van der Waals surface area contributed by atoms with E-state index in [0.717, 1.165) is 30.3 Å². The SMILES string of the molecule is O[C@@H](CN(Oc1cccc(C(F)(F)C(F)(F)F)c1)c1cccc(OCc2cc(F)cc(F)c2)c1)C(F)(F)F. The highest BCUT2D eigenvalue weighted by molar-refractivity contribution is 5.50. The van der Waals surface area contributed by atoms with E-state index >= 15 is 0 Å². The van der Waals surface area contributed by atoms with Gasteiger partial charge in [0.25, 0.3) is 0 Å². The molecule has 0 aliphatic rings. The predicted molar refractivity (Wildman–Crippen MR) is 114 cm³/mol. The number of anilines is 1. The fourth-order valence-corrected chi connectivity index (χ4v) is 3.08. The summed E-state index contributed by atoms with van der Waals surface area (Å²) in [7, 11) is 0. The van der Waals surface area contributed by atoms with Gasteiger partial charge in [-0.1, -0.05) is 18.2 Å². The molecule has 0 bridgehead atoms. The van der Waals surface area contributed by atoms with Crippen molar-refractivity contribution in [3.8, 4) is 11.5 Å². The molecule has 206 valence electrons. The van der Waals surface area contributed by atoms with Crippen LogP contribution in [0.5, 0.6) is 11.5 Å². The van der Waals surface area contributed by atoms with Crippen molar-refractivity contribution in [1.82, 2.24) is 0 Å². The van der Waals surface area contributed by atoms with Crippen LogP contribution in [0.4, 0.5) is 49.6 Å². The summed E-state index contributed by atoms with van der Waals surface area (Å²) < 4.78 is 137. The summed E-state index contributed by atoms with van der Waals surface area (Å²) in [6.07, 6.45) is -14.1. The van der Waals surface area contributed by atoms with E-state index in [-0.39, 0.29) is 23.6 Å². The smallest absolute Gasteiger partial charge is 0.458 e. The van der Waals surface area contributed by atoms with Gasteiger partial charge >= 0.3 is 18.3 Å². The van der Waals surface area contributed by atoms with Crippen LogP contribution in [0.15, 0.2) is 66.7 Å². The van der Waals surface area contributed by atoms with Crippen LogP contribution < -0.4 is 14.6 Å². The van der Waals surface area contributed by atoms with Crippen molar-refractivity contribution in [2.24, 2.45) is 0 Å². The molecule has 0 saturated heterocycles. The Morgan fingerprint density at radius 1 is 0.763 bits per heavy atom. The number of aliphatic hydroxyl groups excluding tert-OH is 1. The number of aliphatic hydroxyl groups is 1. The van der Waals surface area contributed by atoms with E-state index in [9.17, 15) is 49.0 Å². The summed E-state index contributed by atoms with van der Waals surface area (Å²) in [4.78, 5) is 5.18. The van der Waals surface area contributed by atoms with E-state index < -0.39 is 53.9 Å². The first-order valence-electron chi connectivity index (χ1n) is 10.5. The minimum Gasteiger partial charge on any atom is -0.489 e. The van der Waals surface area contributed by atoms with Crippen LogP contribution in [0.1, 0.15) is 11.1 Å². The molecule has 0 unspecified atom stereocenters. The van der Waals surface area contributed by atoms with Crippen molar-refractivity contribution < 1.29 is 58.6 Å². The lowest BCUT2D eigenvalue weighted by atomic mass is 10.1. The second-order valence-electron chi connectivity index (χ2n) is 7.87. The summed E-state index contributed by atoms with van der Waals surface area (Å²) in [6.45, 7) is -1.68. The third-order valence-electron chi connectivity index (χ3n) is 4.92. The Hall–Kier alpha value is -3.68. The van der Waals surface area contributed by atoms with Crippen LogP contribution >= 0.6 is 0 Å².